The highest BCUT2D eigenvalue weighted by Crippen LogP contribution is 2.28. The Hall–Kier alpha value is -1.79. The molecule has 0 heterocycles. The van der Waals surface area contributed by atoms with Gasteiger partial charge in [0.2, 0.25) is 0 Å². The van der Waals surface area contributed by atoms with Crippen molar-refractivity contribution in [3.05, 3.63) is 34.9 Å². The highest BCUT2D eigenvalue weighted by molar-refractivity contribution is 5.96. The minimum absolute atomic E-state index is 0.0329. The predicted octanol–water partition coefficient (Wildman–Crippen LogP) is 2.26. The van der Waals surface area contributed by atoms with E-state index in [-0.39, 0.29) is 12.5 Å². The van der Waals surface area contributed by atoms with Crippen molar-refractivity contribution in [2.24, 2.45) is 5.92 Å². The summed E-state index contributed by atoms with van der Waals surface area (Å²) in [5.41, 5.74) is 2.37. The Labute approximate surface area is 120 Å². The van der Waals surface area contributed by atoms with Crippen molar-refractivity contribution in [3.63, 3.8) is 0 Å². The molecule has 2 rings (SSSR count). The van der Waals surface area contributed by atoms with Crippen LogP contribution in [0.3, 0.4) is 0 Å². The molecule has 0 radical (unpaired) electrons. The number of hydrogen-bond donors (Lipinski definition) is 2. The monoisotopic (exact) mass is 271 g/mol. The third kappa shape index (κ3) is 3.85. The largest absolute Gasteiger partial charge is 0.384 e. The van der Waals surface area contributed by atoms with E-state index in [2.05, 4.69) is 17.2 Å². The van der Waals surface area contributed by atoms with Crippen molar-refractivity contribution in [1.29, 1.82) is 0 Å². The van der Waals surface area contributed by atoms with Crippen molar-refractivity contribution in [2.75, 3.05) is 13.2 Å². The number of carbonyl (C=O) groups is 1. The molecule has 0 spiro atoms. The van der Waals surface area contributed by atoms with Gasteiger partial charge in [-0.25, -0.2) is 0 Å². The highest BCUT2D eigenvalue weighted by atomic mass is 16.2. The molecule has 1 aliphatic rings. The maximum absolute atomic E-state index is 12.2. The van der Waals surface area contributed by atoms with E-state index in [0.717, 1.165) is 30.0 Å². The van der Waals surface area contributed by atoms with Crippen LogP contribution in [0.2, 0.25) is 0 Å². The molecule has 1 saturated carbocycles. The van der Waals surface area contributed by atoms with Gasteiger partial charge in [0.25, 0.3) is 5.91 Å². The van der Waals surface area contributed by atoms with Crippen molar-refractivity contribution in [1.82, 2.24) is 5.32 Å². The first-order chi connectivity index (χ1) is 9.70. The number of carbonyl (C=O) groups excluding carboxylic acids is 1. The molecule has 1 fully saturated rings. The van der Waals surface area contributed by atoms with Gasteiger partial charge < -0.3 is 10.4 Å². The molecule has 0 aromatic heterocycles. The first-order valence-electron chi connectivity index (χ1n) is 7.19. The van der Waals surface area contributed by atoms with Crippen molar-refractivity contribution in [3.8, 4) is 11.8 Å². The molecule has 20 heavy (non-hydrogen) atoms. The summed E-state index contributed by atoms with van der Waals surface area (Å²) in [6.45, 7) is 2.50. The molecule has 0 atom stereocenters. The molecule has 2 N–H and O–H groups in total. The molecule has 1 aromatic carbocycles. The number of aliphatic hydroxyl groups excluding tert-OH is 1. The third-order valence-corrected chi connectivity index (χ3v) is 3.86. The Morgan fingerprint density at radius 3 is 2.90 bits per heavy atom. The maximum Gasteiger partial charge on any atom is 0.251 e. The molecule has 3 nitrogen and oxygen atoms in total. The van der Waals surface area contributed by atoms with Gasteiger partial charge in [-0.05, 0) is 37.0 Å². The lowest BCUT2D eigenvalue weighted by molar-refractivity contribution is 0.0948. The van der Waals surface area contributed by atoms with Crippen LogP contribution in [0, 0.1) is 24.7 Å². The minimum atomic E-state index is -0.170. The maximum atomic E-state index is 12.2. The fourth-order valence-corrected chi connectivity index (χ4v) is 2.35. The van der Waals surface area contributed by atoms with E-state index in [1.54, 1.807) is 6.07 Å². The number of hydrogen-bond acceptors (Lipinski definition) is 2. The fraction of sp³-hybridized carbons (Fsp3) is 0.471. The summed E-state index contributed by atoms with van der Waals surface area (Å²) in [5.74, 6) is 6.20. The van der Waals surface area contributed by atoms with E-state index in [4.69, 9.17) is 5.11 Å². The SMILES string of the molecule is Cc1ccc(C#CCO)cc1C(=O)NCCC1CCC1. The van der Waals surface area contributed by atoms with E-state index in [1.165, 1.54) is 19.3 Å². The van der Waals surface area contributed by atoms with Crippen LogP contribution < -0.4 is 5.32 Å². The zero-order valence-electron chi connectivity index (χ0n) is 11.9. The predicted molar refractivity (Wildman–Crippen MR) is 79.4 cm³/mol. The number of amides is 1. The number of aryl methyl sites for hydroxylation is 1. The topological polar surface area (TPSA) is 49.3 Å². The molecule has 1 amide bonds. The van der Waals surface area contributed by atoms with Crippen molar-refractivity contribution in [2.45, 2.75) is 32.6 Å². The van der Waals surface area contributed by atoms with Gasteiger partial charge in [0.1, 0.15) is 6.61 Å². The average molecular weight is 271 g/mol. The first-order valence-corrected chi connectivity index (χ1v) is 7.19. The van der Waals surface area contributed by atoms with Gasteiger partial charge in [-0.2, -0.15) is 0 Å². The summed E-state index contributed by atoms with van der Waals surface area (Å²) in [6.07, 6.45) is 5.03. The van der Waals surface area contributed by atoms with Crippen LogP contribution in [0.15, 0.2) is 18.2 Å². The zero-order chi connectivity index (χ0) is 14.4. The molecule has 0 saturated heterocycles. The van der Waals surface area contributed by atoms with E-state index in [9.17, 15) is 4.79 Å². The van der Waals surface area contributed by atoms with E-state index >= 15 is 0 Å². The van der Waals surface area contributed by atoms with Crippen molar-refractivity contribution >= 4 is 5.91 Å². The van der Waals surface area contributed by atoms with Gasteiger partial charge in [0.05, 0.1) is 0 Å². The van der Waals surface area contributed by atoms with Crippen LogP contribution in [0.4, 0.5) is 0 Å². The molecule has 3 heteroatoms. The number of nitrogens with one attached hydrogen (secondary N) is 1. The Morgan fingerprint density at radius 2 is 2.25 bits per heavy atom. The van der Waals surface area contributed by atoms with Gasteiger partial charge in [-0.3, -0.25) is 4.79 Å². The molecule has 106 valence electrons. The van der Waals surface area contributed by atoms with Crippen molar-refractivity contribution < 1.29 is 9.90 Å². The Balaban J connectivity index is 1.96. The van der Waals surface area contributed by atoms with Gasteiger partial charge in [-0.1, -0.05) is 37.2 Å². The highest BCUT2D eigenvalue weighted by Gasteiger charge is 2.17. The van der Waals surface area contributed by atoms with Crippen LogP contribution in [0.1, 0.15) is 47.2 Å². The van der Waals surface area contributed by atoms with E-state index in [0.29, 0.717) is 5.56 Å². The molecule has 0 bridgehead atoms. The zero-order valence-corrected chi connectivity index (χ0v) is 11.9. The van der Waals surface area contributed by atoms with Crippen LogP contribution >= 0.6 is 0 Å². The van der Waals surface area contributed by atoms with Crippen LogP contribution in [-0.4, -0.2) is 24.2 Å². The van der Waals surface area contributed by atoms with Crippen LogP contribution in [0.25, 0.3) is 0 Å². The number of benzene rings is 1. The smallest absolute Gasteiger partial charge is 0.251 e. The Kier molecular flexibility index (Phi) is 5.20. The normalized spacial score (nSPS) is 14.1. The van der Waals surface area contributed by atoms with Crippen LogP contribution in [0.5, 0.6) is 0 Å². The Bertz CT molecular complexity index is 536. The van der Waals surface area contributed by atoms with Gasteiger partial charge in [0, 0.05) is 17.7 Å². The minimum Gasteiger partial charge on any atom is -0.384 e. The standard InChI is InChI=1S/C17H21NO2/c1-13-7-8-15(6-3-11-19)12-16(13)17(20)18-10-9-14-4-2-5-14/h7-8,12,14,19H,2,4-5,9-11H2,1H3,(H,18,20). The van der Waals surface area contributed by atoms with E-state index in [1.807, 2.05) is 19.1 Å². The molecule has 0 unspecified atom stereocenters. The third-order valence-electron chi connectivity index (χ3n) is 3.86. The summed E-state index contributed by atoms with van der Waals surface area (Å²) >= 11 is 0. The van der Waals surface area contributed by atoms with Gasteiger partial charge >= 0.3 is 0 Å². The fourth-order valence-electron chi connectivity index (χ4n) is 2.35. The molecular formula is C17H21NO2. The van der Waals surface area contributed by atoms with E-state index < -0.39 is 0 Å². The van der Waals surface area contributed by atoms with Crippen LogP contribution in [-0.2, 0) is 0 Å². The Morgan fingerprint density at radius 1 is 1.45 bits per heavy atom. The summed E-state index contributed by atoms with van der Waals surface area (Å²) < 4.78 is 0. The summed E-state index contributed by atoms with van der Waals surface area (Å²) in [4.78, 5) is 12.2. The second-order valence-corrected chi connectivity index (χ2v) is 5.33. The second kappa shape index (κ2) is 7.12. The van der Waals surface area contributed by atoms with Gasteiger partial charge in [0.15, 0.2) is 0 Å². The molecule has 0 aliphatic heterocycles. The number of aliphatic hydroxyl groups is 1. The first kappa shape index (κ1) is 14.6. The van der Waals surface area contributed by atoms with Gasteiger partial charge in [-0.15, -0.1) is 0 Å². The molecule has 1 aromatic rings. The lowest BCUT2D eigenvalue weighted by Gasteiger charge is -2.25. The summed E-state index contributed by atoms with van der Waals surface area (Å²) in [6, 6.07) is 5.54. The summed E-state index contributed by atoms with van der Waals surface area (Å²) in [7, 11) is 0. The lowest BCUT2D eigenvalue weighted by Crippen LogP contribution is -2.28. The summed E-state index contributed by atoms with van der Waals surface area (Å²) in [5, 5.41) is 11.7. The lowest BCUT2D eigenvalue weighted by atomic mass is 9.83. The average Bonchev–Trinajstić information content (AvgIpc) is 2.40. The molecule has 1 aliphatic carbocycles. The molecular weight excluding hydrogens is 250 g/mol. The number of rotatable bonds is 4. The quantitative estimate of drug-likeness (QED) is 0.825. The second-order valence-electron chi connectivity index (χ2n) is 5.33.